The smallest absolute Gasteiger partial charge is 0.280 e. The van der Waals surface area contributed by atoms with Gasteiger partial charge in [-0.1, -0.05) is 60.7 Å². The van der Waals surface area contributed by atoms with Crippen molar-refractivity contribution in [3.05, 3.63) is 76.1 Å². The molecule has 0 unspecified atom stereocenters. The van der Waals surface area contributed by atoms with Gasteiger partial charge in [0.2, 0.25) is 0 Å². The third kappa shape index (κ3) is 5.11. The second kappa shape index (κ2) is 9.33. The molecule has 3 aromatic rings. The Morgan fingerprint density at radius 3 is 2.41 bits per heavy atom. The summed E-state index contributed by atoms with van der Waals surface area (Å²) in [6.45, 7) is 5.95. The first-order valence-corrected chi connectivity index (χ1v) is 11.1. The summed E-state index contributed by atoms with van der Waals surface area (Å²) in [6, 6.07) is 20.7. The number of aryl methyl sites for hydroxylation is 1. The third-order valence-corrected chi connectivity index (χ3v) is 6.52. The van der Waals surface area contributed by atoms with Crippen molar-refractivity contribution in [2.45, 2.75) is 26.3 Å². The van der Waals surface area contributed by atoms with Gasteiger partial charge in [0, 0.05) is 23.5 Å². The van der Waals surface area contributed by atoms with Crippen LogP contribution in [0.5, 0.6) is 0 Å². The van der Waals surface area contributed by atoms with Crippen LogP contribution in [0.3, 0.4) is 0 Å². The number of likely N-dealkylation sites (tertiary alicyclic amines) is 1. The van der Waals surface area contributed by atoms with Crippen LogP contribution in [0.4, 0.5) is 0 Å². The molecule has 1 fully saturated rings. The molecule has 0 radical (unpaired) electrons. The van der Waals surface area contributed by atoms with E-state index in [9.17, 15) is 4.79 Å². The van der Waals surface area contributed by atoms with Crippen molar-refractivity contribution in [3.8, 4) is 11.3 Å². The molecule has 0 bridgehead atoms. The zero-order chi connectivity index (χ0) is 20.1. The van der Waals surface area contributed by atoms with Gasteiger partial charge < -0.3 is 5.32 Å². The van der Waals surface area contributed by atoms with Gasteiger partial charge in [-0.05, 0) is 44.3 Å². The molecule has 0 atom stereocenters. The van der Waals surface area contributed by atoms with Gasteiger partial charge in [-0.15, -0.1) is 11.3 Å². The van der Waals surface area contributed by atoms with E-state index in [-0.39, 0.29) is 5.91 Å². The van der Waals surface area contributed by atoms with Crippen molar-refractivity contribution in [2.24, 2.45) is 5.92 Å². The average Bonchev–Trinajstić information content (AvgIpc) is 3.16. The van der Waals surface area contributed by atoms with Crippen molar-refractivity contribution < 1.29 is 4.79 Å². The van der Waals surface area contributed by atoms with E-state index in [2.05, 4.69) is 45.5 Å². The maximum absolute atomic E-state index is 12.6. The van der Waals surface area contributed by atoms with E-state index in [1.54, 1.807) is 0 Å². The van der Waals surface area contributed by atoms with Crippen LogP contribution in [0.1, 0.15) is 33.1 Å². The fraction of sp³-hybridized carbons (Fsp3) is 0.333. The number of thiazole rings is 1. The molecule has 4 rings (SSSR count). The molecule has 2 heterocycles. The highest BCUT2D eigenvalue weighted by atomic mass is 32.1. The maximum Gasteiger partial charge on any atom is 0.280 e. The molecule has 1 aliphatic rings. The number of benzene rings is 2. The lowest BCUT2D eigenvalue weighted by Gasteiger charge is -2.32. The Morgan fingerprint density at radius 1 is 1.07 bits per heavy atom. The summed E-state index contributed by atoms with van der Waals surface area (Å²) in [5.41, 5.74) is 3.34. The standard InChI is InChI=1S/C24H27N3OS/c1-18-22(21-10-6-3-7-11-21)26-24(29-18)23(28)25-16-19-12-14-27(15-13-19)17-20-8-4-2-5-9-20/h2-11,19H,12-17H2,1H3,(H,25,28). The van der Waals surface area contributed by atoms with Crippen molar-refractivity contribution in [3.63, 3.8) is 0 Å². The molecule has 1 saturated heterocycles. The van der Waals surface area contributed by atoms with Gasteiger partial charge in [-0.25, -0.2) is 4.98 Å². The molecule has 1 amide bonds. The predicted molar refractivity (Wildman–Crippen MR) is 119 cm³/mol. The largest absolute Gasteiger partial charge is 0.350 e. The van der Waals surface area contributed by atoms with Crippen LogP contribution in [0.25, 0.3) is 11.3 Å². The summed E-state index contributed by atoms with van der Waals surface area (Å²) in [6.07, 6.45) is 2.25. The molecule has 0 spiro atoms. The molecule has 0 saturated carbocycles. The predicted octanol–water partition coefficient (Wildman–Crippen LogP) is 4.76. The Kier molecular flexibility index (Phi) is 6.37. The third-order valence-electron chi connectivity index (χ3n) is 5.55. The van der Waals surface area contributed by atoms with Crippen LogP contribution in [-0.4, -0.2) is 35.4 Å². The summed E-state index contributed by atoms with van der Waals surface area (Å²) in [4.78, 5) is 20.8. The molecular weight excluding hydrogens is 378 g/mol. The number of aromatic nitrogens is 1. The van der Waals surface area contributed by atoms with E-state index in [1.807, 2.05) is 37.3 Å². The van der Waals surface area contributed by atoms with Crippen LogP contribution in [0.2, 0.25) is 0 Å². The van der Waals surface area contributed by atoms with Crippen molar-refractivity contribution >= 4 is 17.2 Å². The van der Waals surface area contributed by atoms with Gasteiger partial charge in [0.15, 0.2) is 5.01 Å². The Balaban J connectivity index is 1.26. The van der Waals surface area contributed by atoms with E-state index in [4.69, 9.17) is 0 Å². The molecule has 0 aliphatic carbocycles. The quantitative estimate of drug-likeness (QED) is 0.643. The molecule has 150 valence electrons. The summed E-state index contributed by atoms with van der Waals surface area (Å²) in [5, 5.41) is 3.67. The zero-order valence-electron chi connectivity index (χ0n) is 16.8. The van der Waals surface area contributed by atoms with Gasteiger partial charge >= 0.3 is 0 Å². The topological polar surface area (TPSA) is 45.2 Å². The van der Waals surface area contributed by atoms with E-state index >= 15 is 0 Å². The minimum absolute atomic E-state index is 0.0491. The molecule has 1 aromatic heterocycles. The molecule has 2 aromatic carbocycles. The second-order valence-electron chi connectivity index (χ2n) is 7.70. The number of nitrogens with zero attached hydrogens (tertiary/aromatic N) is 2. The summed E-state index contributed by atoms with van der Waals surface area (Å²) < 4.78 is 0. The van der Waals surface area contributed by atoms with E-state index < -0.39 is 0 Å². The highest BCUT2D eigenvalue weighted by molar-refractivity contribution is 7.14. The Labute approximate surface area is 176 Å². The second-order valence-corrected chi connectivity index (χ2v) is 8.91. The molecule has 5 heteroatoms. The first-order valence-electron chi connectivity index (χ1n) is 10.3. The van der Waals surface area contributed by atoms with E-state index in [0.717, 1.165) is 55.2 Å². The van der Waals surface area contributed by atoms with Gasteiger partial charge in [0.05, 0.1) is 5.69 Å². The van der Waals surface area contributed by atoms with E-state index in [0.29, 0.717) is 10.9 Å². The van der Waals surface area contributed by atoms with Gasteiger partial charge in [-0.3, -0.25) is 9.69 Å². The number of rotatable bonds is 6. The Bertz CT molecular complexity index is 931. The number of amides is 1. The highest BCUT2D eigenvalue weighted by Crippen LogP contribution is 2.27. The highest BCUT2D eigenvalue weighted by Gasteiger charge is 2.21. The Hall–Kier alpha value is -2.50. The number of carbonyl (C=O) groups excluding carboxylic acids is 1. The number of hydrogen-bond acceptors (Lipinski definition) is 4. The lowest BCUT2D eigenvalue weighted by Crippen LogP contribution is -2.38. The van der Waals surface area contributed by atoms with Crippen LogP contribution < -0.4 is 5.32 Å². The first kappa shape index (κ1) is 19.8. The first-order chi connectivity index (χ1) is 14.2. The van der Waals surface area contributed by atoms with Gasteiger partial charge in [0.25, 0.3) is 5.91 Å². The van der Waals surface area contributed by atoms with Gasteiger partial charge in [0.1, 0.15) is 0 Å². The monoisotopic (exact) mass is 405 g/mol. The molecule has 1 N–H and O–H groups in total. The van der Waals surface area contributed by atoms with Crippen LogP contribution in [0, 0.1) is 12.8 Å². The Morgan fingerprint density at radius 2 is 1.72 bits per heavy atom. The van der Waals surface area contributed by atoms with Crippen LogP contribution in [-0.2, 0) is 6.54 Å². The van der Waals surface area contributed by atoms with Crippen molar-refractivity contribution in [1.82, 2.24) is 15.2 Å². The normalized spacial score (nSPS) is 15.3. The summed E-state index contributed by atoms with van der Waals surface area (Å²) in [5.74, 6) is 0.493. The molecular formula is C24H27N3OS. The van der Waals surface area contributed by atoms with Gasteiger partial charge in [-0.2, -0.15) is 0 Å². The molecule has 1 aliphatic heterocycles. The minimum atomic E-state index is -0.0491. The fourth-order valence-electron chi connectivity index (χ4n) is 3.86. The number of nitrogens with one attached hydrogen (secondary N) is 1. The lowest BCUT2D eigenvalue weighted by atomic mass is 9.96. The summed E-state index contributed by atoms with van der Waals surface area (Å²) in [7, 11) is 0. The maximum atomic E-state index is 12.6. The zero-order valence-corrected chi connectivity index (χ0v) is 17.6. The van der Waals surface area contributed by atoms with Crippen LogP contribution in [0.15, 0.2) is 60.7 Å². The summed E-state index contributed by atoms with van der Waals surface area (Å²) >= 11 is 1.47. The van der Waals surface area contributed by atoms with Crippen molar-refractivity contribution in [2.75, 3.05) is 19.6 Å². The van der Waals surface area contributed by atoms with E-state index in [1.165, 1.54) is 16.9 Å². The van der Waals surface area contributed by atoms with Crippen molar-refractivity contribution in [1.29, 1.82) is 0 Å². The molecule has 4 nitrogen and oxygen atoms in total. The minimum Gasteiger partial charge on any atom is -0.350 e. The number of carbonyl (C=O) groups is 1. The molecule has 29 heavy (non-hydrogen) atoms. The number of hydrogen-bond donors (Lipinski definition) is 1. The number of piperidine rings is 1. The fourth-order valence-corrected chi connectivity index (χ4v) is 4.71. The average molecular weight is 406 g/mol. The SMILES string of the molecule is Cc1sc(C(=O)NCC2CCN(Cc3ccccc3)CC2)nc1-c1ccccc1. The van der Waals surface area contributed by atoms with Crippen LogP contribution >= 0.6 is 11.3 Å². The lowest BCUT2D eigenvalue weighted by molar-refractivity contribution is 0.0935.